The van der Waals surface area contributed by atoms with Crippen LogP contribution in [0.5, 0.6) is 0 Å². The maximum Gasteiger partial charge on any atom is 0.323 e. The van der Waals surface area contributed by atoms with Crippen molar-refractivity contribution in [1.29, 1.82) is 0 Å². The van der Waals surface area contributed by atoms with E-state index in [1.54, 1.807) is 18.1 Å². The van der Waals surface area contributed by atoms with E-state index in [1.165, 1.54) is 7.11 Å². The third kappa shape index (κ3) is 4.35. The number of aryl methyl sites for hydroxylation is 1. The zero-order valence-corrected chi connectivity index (χ0v) is 10.9. The molecule has 0 aliphatic heterocycles. The first-order valence-electron chi connectivity index (χ1n) is 5.46. The molecule has 1 aromatic heterocycles. The Morgan fingerprint density at radius 1 is 1.71 bits per heavy atom. The molecule has 0 aliphatic rings. The van der Waals surface area contributed by atoms with Crippen molar-refractivity contribution in [3.8, 4) is 0 Å². The second kappa shape index (κ2) is 7.29. The Bertz CT molecular complexity index is 356. The smallest absolute Gasteiger partial charge is 0.323 e. The van der Waals surface area contributed by atoms with E-state index in [0.717, 1.165) is 18.8 Å². The Morgan fingerprint density at radius 3 is 3.12 bits per heavy atom. The molecule has 0 saturated heterocycles. The summed E-state index contributed by atoms with van der Waals surface area (Å²) in [5.41, 5.74) is 5.63. The summed E-state index contributed by atoms with van der Waals surface area (Å²) < 4.78 is 6.42. The molecule has 0 fully saturated rings. The van der Waals surface area contributed by atoms with Gasteiger partial charge in [0, 0.05) is 12.3 Å². The minimum absolute atomic E-state index is 0.382. The van der Waals surface area contributed by atoms with Gasteiger partial charge in [0.25, 0.3) is 0 Å². The van der Waals surface area contributed by atoms with Crippen molar-refractivity contribution in [3.63, 3.8) is 0 Å². The van der Waals surface area contributed by atoms with Gasteiger partial charge in [-0.05, 0) is 6.42 Å². The fraction of sp³-hybridized carbons (Fsp3) is 0.700. The molecule has 6 nitrogen and oxygen atoms in total. The van der Waals surface area contributed by atoms with Crippen LogP contribution in [0.4, 0.5) is 0 Å². The first-order valence-corrected chi connectivity index (χ1v) is 6.62. The predicted octanol–water partition coefficient (Wildman–Crippen LogP) is 0.422. The normalized spacial score (nSPS) is 12.4. The fourth-order valence-electron chi connectivity index (χ4n) is 1.30. The van der Waals surface area contributed by atoms with E-state index in [0.29, 0.717) is 11.5 Å². The molecule has 0 aliphatic carbocycles. The monoisotopic (exact) mass is 258 g/mol. The standard InChI is InChI=1S/C10H18N4O2S/c1-3-4-14-9(12-7-13-14)6-17-5-8(11)10(15)16-2/h7-8H,3-6,11H2,1-2H3. The maximum absolute atomic E-state index is 11.1. The number of rotatable bonds is 7. The minimum Gasteiger partial charge on any atom is -0.468 e. The summed E-state index contributed by atoms with van der Waals surface area (Å²) in [7, 11) is 1.34. The Balaban J connectivity index is 2.35. The van der Waals surface area contributed by atoms with Gasteiger partial charge in [0.2, 0.25) is 0 Å². The molecule has 0 aromatic carbocycles. The van der Waals surface area contributed by atoms with Crippen LogP contribution in [0.3, 0.4) is 0 Å². The van der Waals surface area contributed by atoms with Crippen LogP contribution in [0.2, 0.25) is 0 Å². The number of carbonyl (C=O) groups excluding carboxylic acids is 1. The average molecular weight is 258 g/mol. The molecule has 0 amide bonds. The minimum atomic E-state index is -0.576. The molecule has 0 spiro atoms. The Morgan fingerprint density at radius 2 is 2.47 bits per heavy atom. The van der Waals surface area contributed by atoms with Crippen LogP contribution < -0.4 is 5.73 Å². The number of thioether (sulfide) groups is 1. The molecule has 7 heteroatoms. The number of nitrogens with zero attached hydrogens (tertiary/aromatic N) is 3. The maximum atomic E-state index is 11.1. The molecule has 0 radical (unpaired) electrons. The zero-order chi connectivity index (χ0) is 12.7. The van der Waals surface area contributed by atoms with E-state index >= 15 is 0 Å². The van der Waals surface area contributed by atoms with Crippen LogP contribution in [-0.2, 0) is 21.8 Å². The number of carbonyl (C=O) groups is 1. The van der Waals surface area contributed by atoms with E-state index in [-0.39, 0.29) is 5.97 Å². The van der Waals surface area contributed by atoms with E-state index < -0.39 is 6.04 Å². The van der Waals surface area contributed by atoms with Crippen LogP contribution in [0, 0.1) is 0 Å². The third-order valence-electron chi connectivity index (χ3n) is 2.16. The van der Waals surface area contributed by atoms with Crippen molar-refractivity contribution in [2.45, 2.75) is 31.7 Å². The molecule has 96 valence electrons. The predicted molar refractivity (Wildman–Crippen MR) is 66.5 cm³/mol. The van der Waals surface area contributed by atoms with Gasteiger partial charge in [-0.15, -0.1) is 0 Å². The van der Waals surface area contributed by atoms with Gasteiger partial charge in [-0.2, -0.15) is 16.9 Å². The quantitative estimate of drug-likeness (QED) is 0.714. The van der Waals surface area contributed by atoms with Crippen molar-refractivity contribution >= 4 is 17.7 Å². The Hall–Kier alpha value is -1.08. The van der Waals surface area contributed by atoms with Gasteiger partial charge in [-0.25, -0.2) is 9.67 Å². The molecule has 0 saturated carbocycles. The van der Waals surface area contributed by atoms with Crippen LogP contribution in [0.15, 0.2) is 6.33 Å². The van der Waals surface area contributed by atoms with Crippen molar-refractivity contribution in [1.82, 2.24) is 14.8 Å². The number of nitrogens with two attached hydrogens (primary N) is 1. The van der Waals surface area contributed by atoms with E-state index in [2.05, 4.69) is 21.7 Å². The third-order valence-corrected chi connectivity index (χ3v) is 3.22. The topological polar surface area (TPSA) is 83.0 Å². The highest BCUT2D eigenvalue weighted by Crippen LogP contribution is 2.11. The second-order valence-electron chi connectivity index (χ2n) is 3.54. The number of hydrogen-bond donors (Lipinski definition) is 1. The molecule has 1 unspecified atom stereocenters. The molecular weight excluding hydrogens is 240 g/mol. The van der Waals surface area contributed by atoms with Crippen molar-refractivity contribution in [3.05, 3.63) is 12.2 Å². The lowest BCUT2D eigenvalue weighted by molar-refractivity contribution is -0.141. The SMILES string of the molecule is CCCn1ncnc1CSCC(N)C(=O)OC. The molecule has 2 N–H and O–H groups in total. The van der Waals surface area contributed by atoms with E-state index in [1.807, 2.05) is 4.68 Å². The molecular formula is C10H18N4O2S. The highest BCUT2D eigenvalue weighted by atomic mass is 32.2. The van der Waals surface area contributed by atoms with Gasteiger partial charge in [-0.3, -0.25) is 4.79 Å². The Kier molecular flexibility index (Phi) is 5.99. The first-order chi connectivity index (χ1) is 8.19. The summed E-state index contributed by atoms with van der Waals surface area (Å²) in [6.07, 6.45) is 2.56. The lowest BCUT2D eigenvalue weighted by atomic mass is 10.4. The van der Waals surface area contributed by atoms with Crippen molar-refractivity contribution in [2.75, 3.05) is 12.9 Å². The van der Waals surface area contributed by atoms with Gasteiger partial charge in [0.1, 0.15) is 18.2 Å². The van der Waals surface area contributed by atoms with Gasteiger partial charge >= 0.3 is 5.97 Å². The summed E-state index contributed by atoms with van der Waals surface area (Å²) >= 11 is 1.55. The molecule has 1 atom stereocenters. The van der Waals surface area contributed by atoms with Gasteiger partial charge in [0.05, 0.1) is 12.9 Å². The number of ether oxygens (including phenoxy) is 1. The lowest BCUT2D eigenvalue weighted by Crippen LogP contribution is -2.33. The number of aromatic nitrogens is 3. The Labute approximate surface area is 105 Å². The van der Waals surface area contributed by atoms with Crippen LogP contribution in [0.1, 0.15) is 19.2 Å². The lowest BCUT2D eigenvalue weighted by Gasteiger charge is -2.08. The summed E-state index contributed by atoms with van der Waals surface area (Å²) in [5, 5.41) is 4.12. The van der Waals surface area contributed by atoms with E-state index in [9.17, 15) is 4.79 Å². The molecule has 1 rings (SSSR count). The number of esters is 1. The summed E-state index contributed by atoms with van der Waals surface area (Å²) in [4.78, 5) is 15.3. The molecule has 1 heterocycles. The van der Waals surface area contributed by atoms with Crippen molar-refractivity contribution < 1.29 is 9.53 Å². The van der Waals surface area contributed by atoms with E-state index in [4.69, 9.17) is 5.73 Å². The van der Waals surface area contributed by atoms with Crippen LogP contribution in [-0.4, -0.2) is 39.6 Å². The van der Waals surface area contributed by atoms with Crippen LogP contribution >= 0.6 is 11.8 Å². The van der Waals surface area contributed by atoms with Crippen LogP contribution in [0.25, 0.3) is 0 Å². The largest absolute Gasteiger partial charge is 0.468 e. The van der Waals surface area contributed by atoms with Gasteiger partial charge < -0.3 is 10.5 Å². The highest BCUT2D eigenvalue weighted by Gasteiger charge is 2.14. The summed E-state index contributed by atoms with van der Waals surface area (Å²) in [5.74, 6) is 1.75. The number of methoxy groups -OCH3 is 1. The highest BCUT2D eigenvalue weighted by molar-refractivity contribution is 7.98. The molecule has 1 aromatic rings. The fourth-order valence-corrected chi connectivity index (χ4v) is 2.21. The summed E-state index contributed by atoms with van der Waals surface area (Å²) in [6, 6.07) is -0.576. The van der Waals surface area contributed by atoms with Crippen molar-refractivity contribution in [2.24, 2.45) is 5.73 Å². The molecule has 0 bridgehead atoms. The molecule has 17 heavy (non-hydrogen) atoms. The summed E-state index contributed by atoms with van der Waals surface area (Å²) in [6.45, 7) is 2.95. The first kappa shape index (κ1) is 14.0. The number of hydrogen-bond acceptors (Lipinski definition) is 6. The van der Waals surface area contributed by atoms with Gasteiger partial charge in [-0.1, -0.05) is 6.92 Å². The average Bonchev–Trinajstić information content (AvgIpc) is 2.76. The second-order valence-corrected chi connectivity index (χ2v) is 4.57. The van der Waals surface area contributed by atoms with Gasteiger partial charge in [0.15, 0.2) is 0 Å². The zero-order valence-electron chi connectivity index (χ0n) is 10.1.